The molecule has 0 aliphatic heterocycles. The van der Waals surface area contributed by atoms with Gasteiger partial charge in [-0.3, -0.25) is 0 Å². The fraction of sp³-hybridized carbons (Fsp3) is 0.214. The van der Waals surface area contributed by atoms with Crippen LogP contribution in [-0.2, 0) is 11.3 Å². The third-order valence-corrected chi connectivity index (χ3v) is 2.81. The van der Waals surface area contributed by atoms with Gasteiger partial charge >= 0.3 is 11.7 Å². The molecule has 4 nitrogen and oxygen atoms in total. The first-order chi connectivity index (χ1) is 8.61. The van der Waals surface area contributed by atoms with Crippen molar-refractivity contribution in [1.29, 1.82) is 0 Å². The molecular formula is C14H14O4. The molecule has 4 heteroatoms. The average molecular weight is 246 g/mol. The van der Waals surface area contributed by atoms with Crippen molar-refractivity contribution in [3.8, 4) is 5.75 Å². The molecule has 0 spiro atoms. The molecule has 0 aliphatic carbocycles. The summed E-state index contributed by atoms with van der Waals surface area (Å²) >= 11 is 0. The molecule has 1 aromatic heterocycles. The molecule has 18 heavy (non-hydrogen) atoms. The number of carbonyl (C=O) groups excluding carboxylic acids is 1. The van der Waals surface area contributed by atoms with Gasteiger partial charge in [-0.2, -0.15) is 0 Å². The zero-order valence-electron chi connectivity index (χ0n) is 10.4. The van der Waals surface area contributed by atoms with Crippen LogP contribution in [0.5, 0.6) is 5.75 Å². The highest BCUT2D eigenvalue weighted by Gasteiger charge is 2.27. The van der Waals surface area contributed by atoms with Gasteiger partial charge < -0.3 is 13.9 Å². The molecule has 0 aliphatic rings. The van der Waals surface area contributed by atoms with Gasteiger partial charge in [-0.25, -0.2) is 4.79 Å². The standard InChI is InChI=1S/C14H14O4/c1-4-8-18-12-9(2)6-5-7-10(12)11(15)13(18)14(16)17-3/h4-7H,1,8H2,2-3H3. The van der Waals surface area contributed by atoms with E-state index >= 15 is 0 Å². The Balaban J connectivity index is 2.87. The van der Waals surface area contributed by atoms with E-state index in [1.807, 2.05) is 13.0 Å². The van der Waals surface area contributed by atoms with Crippen molar-refractivity contribution in [2.75, 3.05) is 7.11 Å². The molecule has 2 aromatic rings. The summed E-state index contributed by atoms with van der Waals surface area (Å²) in [4.78, 5) is 11.7. The smallest absolute Gasteiger partial charge is 0.427 e. The third-order valence-electron chi connectivity index (χ3n) is 2.81. The van der Waals surface area contributed by atoms with Crippen LogP contribution in [0, 0.1) is 6.92 Å². The Hall–Kier alpha value is -2.23. The van der Waals surface area contributed by atoms with Gasteiger partial charge in [0.15, 0.2) is 6.61 Å². The molecule has 0 amide bonds. The number of fused-ring (bicyclic) bond motifs is 1. The average Bonchev–Trinajstić information content (AvgIpc) is 2.64. The lowest BCUT2D eigenvalue weighted by Crippen LogP contribution is -2.06. The number of hydrogen-bond acceptors (Lipinski definition) is 3. The number of allylic oxidation sites excluding steroid dienone is 1. The third kappa shape index (κ3) is 1.66. The Morgan fingerprint density at radius 3 is 2.89 bits per heavy atom. The second kappa shape index (κ2) is 4.56. The molecule has 0 radical (unpaired) electrons. The van der Waals surface area contributed by atoms with Crippen molar-refractivity contribution >= 4 is 16.9 Å². The predicted octanol–water partition coefficient (Wildman–Crippen LogP) is 2.48. The fourth-order valence-electron chi connectivity index (χ4n) is 2.07. The topological polar surface area (TPSA) is 52.1 Å². The lowest BCUT2D eigenvalue weighted by Gasteiger charge is -2.07. The minimum atomic E-state index is -0.651. The maximum absolute atomic E-state index is 12.2. The summed E-state index contributed by atoms with van der Waals surface area (Å²) in [5, 5.41) is 12.7. The summed E-state index contributed by atoms with van der Waals surface area (Å²) in [6.07, 6.45) is 1.61. The fourth-order valence-corrected chi connectivity index (χ4v) is 2.07. The summed E-state index contributed by atoms with van der Waals surface area (Å²) in [5.74, 6) is -1.00. The van der Waals surface area contributed by atoms with Crippen LogP contribution in [-0.4, -0.2) is 13.1 Å². The van der Waals surface area contributed by atoms with Crippen LogP contribution in [0.25, 0.3) is 11.0 Å². The van der Waals surface area contributed by atoms with E-state index in [0.29, 0.717) is 17.6 Å². The van der Waals surface area contributed by atoms with E-state index in [1.165, 1.54) is 7.11 Å². The summed E-state index contributed by atoms with van der Waals surface area (Å²) in [5.41, 5.74) is 1.59. The first-order valence-electron chi connectivity index (χ1n) is 5.53. The van der Waals surface area contributed by atoms with Crippen LogP contribution in [0.2, 0.25) is 0 Å². The number of rotatable bonds is 3. The van der Waals surface area contributed by atoms with Gasteiger partial charge in [-0.05, 0) is 19.1 Å². The molecule has 1 aromatic carbocycles. The summed E-state index contributed by atoms with van der Waals surface area (Å²) < 4.78 is 7.26. The van der Waals surface area contributed by atoms with E-state index in [4.69, 9.17) is 0 Å². The van der Waals surface area contributed by atoms with Crippen LogP contribution < -0.4 is 5.11 Å². The largest absolute Gasteiger partial charge is 0.865 e. The highest BCUT2D eigenvalue weighted by Crippen LogP contribution is 2.37. The van der Waals surface area contributed by atoms with Crippen LogP contribution in [0.1, 0.15) is 16.1 Å². The number of esters is 1. The lowest BCUT2D eigenvalue weighted by atomic mass is 10.1. The minimum absolute atomic E-state index is 0.0262. The van der Waals surface area contributed by atoms with Gasteiger partial charge in [-0.15, -0.1) is 0 Å². The van der Waals surface area contributed by atoms with Gasteiger partial charge in [0.05, 0.1) is 12.5 Å². The first-order valence-corrected chi connectivity index (χ1v) is 5.53. The Morgan fingerprint density at radius 1 is 1.56 bits per heavy atom. The molecule has 1 heterocycles. The monoisotopic (exact) mass is 246 g/mol. The quantitative estimate of drug-likeness (QED) is 0.475. The first kappa shape index (κ1) is 12.2. The van der Waals surface area contributed by atoms with Crippen molar-refractivity contribution in [2.24, 2.45) is 0 Å². The summed E-state index contributed by atoms with van der Waals surface area (Å²) in [6, 6.07) is 5.37. The summed E-state index contributed by atoms with van der Waals surface area (Å²) in [6.45, 7) is 5.83. The van der Waals surface area contributed by atoms with Crippen molar-refractivity contribution < 1.29 is 18.7 Å². The van der Waals surface area contributed by atoms with E-state index < -0.39 is 5.97 Å². The van der Waals surface area contributed by atoms with Crippen molar-refractivity contribution in [2.45, 2.75) is 13.5 Å². The lowest BCUT2D eigenvalue weighted by molar-refractivity contribution is -0.268. The number of benzene rings is 1. The number of methoxy groups -OCH3 is 1. The highest BCUT2D eigenvalue weighted by molar-refractivity contribution is 5.99. The number of hydrogen-bond donors (Lipinski definition) is 0. The second-order valence-electron chi connectivity index (χ2n) is 3.95. The van der Waals surface area contributed by atoms with Crippen LogP contribution in [0.15, 0.2) is 34.9 Å². The minimum Gasteiger partial charge on any atom is -0.865 e. The van der Waals surface area contributed by atoms with Gasteiger partial charge in [0.1, 0.15) is 0 Å². The molecule has 0 saturated heterocycles. The van der Waals surface area contributed by atoms with E-state index in [0.717, 1.165) is 5.56 Å². The van der Waals surface area contributed by atoms with E-state index in [2.05, 4.69) is 15.4 Å². The van der Waals surface area contributed by atoms with Crippen LogP contribution >= 0.6 is 0 Å². The highest BCUT2D eigenvalue weighted by atomic mass is 16.6. The molecule has 0 unspecified atom stereocenters. The SMILES string of the molecule is C=CC[o+]1c(C(=O)OC)c([O-])c2cccc(C)c21. The molecule has 94 valence electrons. The molecule has 0 bridgehead atoms. The molecule has 0 fully saturated rings. The maximum atomic E-state index is 12.2. The summed E-state index contributed by atoms with van der Waals surface area (Å²) in [7, 11) is 1.26. The van der Waals surface area contributed by atoms with E-state index in [1.54, 1.807) is 18.2 Å². The van der Waals surface area contributed by atoms with E-state index in [9.17, 15) is 9.90 Å². The van der Waals surface area contributed by atoms with Crippen molar-refractivity contribution in [3.63, 3.8) is 0 Å². The van der Waals surface area contributed by atoms with Crippen molar-refractivity contribution in [3.05, 3.63) is 42.2 Å². The number of aryl methyl sites for hydroxylation is 1. The van der Waals surface area contributed by atoms with Crippen LogP contribution in [0.4, 0.5) is 0 Å². The zero-order chi connectivity index (χ0) is 13.3. The van der Waals surface area contributed by atoms with Crippen LogP contribution in [0.3, 0.4) is 0 Å². The van der Waals surface area contributed by atoms with Gasteiger partial charge in [0.2, 0.25) is 0 Å². The molecule has 0 atom stereocenters. The predicted molar refractivity (Wildman–Crippen MR) is 66.5 cm³/mol. The number of para-hydroxylation sites is 1. The van der Waals surface area contributed by atoms with Gasteiger partial charge in [0.25, 0.3) is 5.58 Å². The Bertz CT molecular complexity index is 622. The van der Waals surface area contributed by atoms with E-state index in [-0.39, 0.29) is 11.5 Å². The second-order valence-corrected chi connectivity index (χ2v) is 3.95. The Labute approximate surface area is 105 Å². The molecule has 0 saturated carbocycles. The Morgan fingerprint density at radius 2 is 2.28 bits per heavy atom. The maximum Gasteiger partial charge on any atom is 0.427 e. The van der Waals surface area contributed by atoms with Crippen molar-refractivity contribution in [1.82, 2.24) is 0 Å². The zero-order valence-corrected chi connectivity index (χ0v) is 10.4. The van der Waals surface area contributed by atoms with Gasteiger partial charge in [-0.1, -0.05) is 18.7 Å². The number of ether oxygens (including phenoxy) is 1. The number of furan rings is 1. The molecule has 2 rings (SSSR count). The number of carbonyl (C=O) groups is 1. The Kier molecular flexibility index (Phi) is 3.10. The normalized spacial score (nSPS) is 10.6. The molecule has 0 N–H and O–H groups in total. The van der Waals surface area contributed by atoms with Gasteiger partial charge in [0, 0.05) is 11.3 Å². The molecular weight excluding hydrogens is 232 g/mol.